The van der Waals surface area contributed by atoms with Crippen LogP contribution in [0.5, 0.6) is 0 Å². The molecule has 1 spiro atoms. The average Bonchev–Trinajstić information content (AvgIpc) is 2.50. The molecule has 3 rings (SSSR count). The summed E-state index contributed by atoms with van der Waals surface area (Å²) in [7, 11) is -3.70. The van der Waals surface area contributed by atoms with Crippen molar-refractivity contribution in [1.82, 2.24) is 5.32 Å². The highest BCUT2D eigenvalue weighted by Crippen LogP contribution is 2.36. The Bertz CT molecular complexity index is 777. The Hall–Kier alpha value is -2.13. The molecule has 0 atom stereocenters. The molecule has 0 radical (unpaired) electrons. The zero-order chi connectivity index (χ0) is 17.4. The standard InChI is InChI=1S/C15H22N6O2S/c1-10-6-8-15(9-7-10)20-13(16)19-14(21-15)18-11-2-4-12(5-3-11)24(17,22)23/h2-5,10H,6-9H2,1H3,(H2,17,22,23)(H4,16,18,19,20,21). The largest absolute Gasteiger partial charge is 0.370 e. The molecule has 1 aliphatic heterocycles. The van der Waals surface area contributed by atoms with Crippen LogP contribution in [0.3, 0.4) is 0 Å². The van der Waals surface area contributed by atoms with E-state index in [1.165, 1.54) is 12.1 Å². The molecule has 24 heavy (non-hydrogen) atoms. The Kier molecular flexibility index (Phi) is 4.22. The van der Waals surface area contributed by atoms with E-state index in [0.29, 0.717) is 23.5 Å². The van der Waals surface area contributed by atoms with Gasteiger partial charge in [-0.15, -0.1) is 0 Å². The van der Waals surface area contributed by atoms with Gasteiger partial charge in [-0.1, -0.05) is 6.92 Å². The number of nitrogens with one attached hydrogen (secondary N) is 2. The number of anilines is 1. The third-order valence-electron chi connectivity index (χ3n) is 4.42. The summed E-state index contributed by atoms with van der Waals surface area (Å²) in [5, 5.41) is 11.1. The zero-order valence-electron chi connectivity index (χ0n) is 13.5. The summed E-state index contributed by atoms with van der Waals surface area (Å²) in [6.07, 6.45) is 3.87. The van der Waals surface area contributed by atoms with Crippen molar-refractivity contribution in [3.8, 4) is 0 Å². The monoisotopic (exact) mass is 350 g/mol. The molecule has 0 unspecified atom stereocenters. The minimum atomic E-state index is -3.70. The molecule has 130 valence electrons. The number of hydrogen-bond acceptors (Lipinski definition) is 7. The Morgan fingerprint density at radius 1 is 1.21 bits per heavy atom. The van der Waals surface area contributed by atoms with Gasteiger partial charge in [0.15, 0.2) is 11.6 Å². The first-order chi connectivity index (χ1) is 11.3. The summed E-state index contributed by atoms with van der Waals surface area (Å²) >= 11 is 0. The van der Waals surface area contributed by atoms with Gasteiger partial charge < -0.3 is 11.1 Å². The molecule has 2 aliphatic rings. The predicted octanol–water partition coefficient (Wildman–Crippen LogP) is 0.926. The molecular weight excluding hydrogens is 328 g/mol. The van der Waals surface area contributed by atoms with E-state index in [1.54, 1.807) is 12.1 Å². The van der Waals surface area contributed by atoms with Gasteiger partial charge in [0, 0.05) is 5.69 Å². The first-order valence-corrected chi connectivity index (χ1v) is 9.42. The number of guanidine groups is 2. The lowest BCUT2D eigenvalue weighted by molar-refractivity contribution is 0.253. The van der Waals surface area contributed by atoms with Gasteiger partial charge in [0.2, 0.25) is 16.0 Å². The van der Waals surface area contributed by atoms with Crippen LogP contribution >= 0.6 is 0 Å². The maximum Gasteiger partial charge on any atom is 0.238 e. The molecule has 8 nitrogen and oxygen atoms in total. The topological polar surface area (TPSA) is 135 Å². The summed E-state index contributed by atoms with van der Waals surface area (Å²) in [4.78, 5) is 9.27. The fourth-order valence-electron chi connectivity index (χ4n) is 3.01. The summed E-state index contributed by atoms with van der Waals surface area (Å²) in [6.45, 7) is 2.23. The lowest BCUT2D eigenvalue weighted by Gasteiger charge is -2.36. The first kappa shape index (κ1) is 16.7. The lowest BCUT2D eigenvalue weighted by atomic mass is 9.83. The van der Waals surface area contributed by atoms with Crippen molar-refractivity contribution >= 4 is 27.6 Å². The van der Waals surface area contributed by atoms with Crippen LogP contribution in [0.25, 0.3) is 0 Å². The third kappa shape index (κ3) is 3.68. The summed E-state index contributed by atoms with van der Waals surface area (Å²) in [5.74, 6) is 1.53. The van der Waals surface area contributed by atoms with Gasteiger partial charge in [0.1, 0.15) is 0 Å². The highest BCUT2D eigenvalue weighted by atomic mass is 32.2. The fourth-order valence-corrected chi connectivity index (χ4v) is 3.52. The second-order valence-corrected chi connectivity index (χ2v) is 8.00. The number of aliphatic imine (C=N–C) groups is 2. The molecule has 9 heteroatoms. The summed E-state index contributed by atoms with van der Waals surface area (Å²) in [6, 6.07) is 6.14. The average molecular weight is 350 g/mol. The van der Waals surface area contributed by atoms with Crippen molar-refractivity contribution < 1.29 is 8.42 Å². The van der Waals surface area contributed by atoms with Gasteiger partial charge in [-0.3, -0.25) is 5.32 Å². The van der Waals surface area contributed by atoms with Crippen molar-refractivity contribution in [2.45, 2.75) is 43.2 Å². The molecule has 1 aromatic rings. The Morgan fingerprint density at radius 3 is 2.42 bits per heavy atom. The maximum atomic E-state index is 11.3. The maximum absolute atomic E-state index is 11.3. The van der Waals surface area contributed by atoms with Gasteiger partial charge in [0.25, 0.3) is 0 Å². The smallest absolute Gasteiger partial charge is 0.238 e. The third-order valence-corrected chi connectivity index (χ3v) is 5.34. The van der Waals surface area contributed by atoms with Crippen molar-refractivity contribution in [2.24, 2.45) is 26.8 Å². The van der Waals surface area contributed by atoms with E-state index >= 15 is 0 Å². The molecule has 1 saturated carbocycles. The van der Waals surface area contributed by atoms with Crippen molar-refractivity contribution in [3.63, 3.8) is 0 Å². The van der Waals surface area contributed by atoms with Gasteiger partial charge in [0.05, 0.1) is 4.90 Å². The molecule has 6 N–H and O–H groups in total. The quantitative estimate of drug-likeness (QED) is 0.629. The molecule has 0 amide bonds. The summed E-state index contributed by atoms with van der Waals surface area (Å²) in [5.41, 5.74) is 6.11. The molecule has 0 saturated heterocycles. The highest BCUT2D eigenvalue weighted by Gasteiger charge is 2.36. The van der Waals surface area contributed by atoms with E-state index in [-0.39, 0.29) is 4.90 Å². The van der Waals surface area contributed by atoms with Gasteiger partial charge >= 0.3 is 0 Å². The van der Waals surface area contributed by atoms with Crippen LogP contribution in [0, 0.1) is 5.92 Å². The van der Waals surface area contributed by atoms with Gasteiger partial charge in [-0.25, -0.2) is 23.5 Å². The van der Waals surface area contributed by atoms with Crippen LogP contribution in [0.4, 0.5) is 5.69 Å². The van der Waals surface area contributed by atoms with Crippen LogP contribution in [0.15, 0.2) is 39.1 Å². The second kappa shape index (κ2) is 6.06. The predicted molar refractivity (Wildman–Crippen MR) is 94.0 cm³/mol. The normalized spacial score (nSPS) is 27.2. The van der Waals surface area contributed by atoms with E-state index in [2.05, 4.69) is 22.5 Å². The number of rotatable bonds is 2. The number of benzene rings is 1. The van der Waals surface area contributed by atoms with Gasteiger partial charge in [-0.05, 0) is 55.9 Å². The van der Waals surface area contributed by atoms with Crippen molar-refractivity contribution in [2.75, 3.05) is 5.32 Å². The molecule has 0 bridgehead atoms. The van der Waals surface area contributed by atoms with Crippen LogP contribution in [-0.4, -0.2) is 26.0 Å². The van der Waals surface area contributed by atoms with Crippen molar-refractivity contribution in [3.05, 3.63) is 24.3 Å². The van der Waals surface area contributed by atoms with E-state index in [9.17, 15) is 8.42 Å². The molecule has 0 aromatic heterocycles. The van der Waals surface area contributed by atoms with Crippen molar-refractivity contribution in [1.29, 1.82) is 0 Å². The molecule has 1 aromatic carbocycles. The van der Waals surface area contributed by atoms with E-state index < -0.39 is 15.7 Å². The van der Waals surface area contributed by atoms with Crippen LogP contribution in [0.1, 0.15) is 32.6 Å². The number of sulfonamides is 1. The SMILES string of the molecule is CC1CCC2(CC1)N=C(N)NC(Nc1ccc(S(N)(=O)=O)cc1)=N2. The summed E-state index contributed by atoms with van der Waals surface area (Å²) < 4.78 is 22.6. The lowest BCUT2D eigenvalue weighted by Crippen LogP contribution is -2.49. The minimum Gasteiger partial charge on any atom is -0.370 e. The zero-order valence-corrected chi connectivity index (χ0v) is 14.3. The molecule has 1 fully saturated rings. The van der Waals surface area contributed by atoms with E-state index in [0.717, 1.165) is 25.7 Å². The fraction of sp³-hybridized carbons (Fsp3) is 0.467. The number of primary sulfonamides is 1. The number of nitrogens with zero attached hydrogens (tertiary/aromatic N) is 2. The molecule has 1 heterocycles. The highest BCUT2D eigenvalue weighted by molar-refractivity contribution is 7.89. The van der Waals surface area contributed by atoms with Crippen LogP contribution < -0.4 is 21.5 Å². The second-order valence-electron chi connectivity index (χ2n) is 6.44. The molecular formula is C15H22N6O2S. The Balaban J connectivity index is 1.78. The molecule has 1 aliphatic carbocycles. The van der Waals surface area contributed by atoms with Crippen LogP contribution in [-0.2, 0) is 10.0 Å². The van der Waals surface area contributed by atoms with Crippen LogP contribution in [0.2, 0.25) is 0 Å². The minimum absolute atomic E-state index is 0.0606. The van der Waals surface area contributed by atoms with E-state index in [4.69, 9.17) is 15.9 Å². The van der Waals surface area contributed by atoms with Gasteiger partial charge in [-0.2, -0.15) is 0 Å². The Labute approximate surface area is 141 Å². The first-order valence-electron chi connectivity index (χ1n) is 7.88. The number of nitrogens with two attached hydrogens (primary N) is 2. The van der Waals surface area contributed by atoms with E-state index in [1.807, 2.05) is 0 Å². The number of hydrogen-bond donors (Lipinski definition) is 4. The Morgan fingerprint density at radius 2 is 1.83 bits per heavy atom.